The van der Waals surface area contributed by atoms with E-state index in [1.807, 2.05) is 18.3 Å². The molecule has 2 atom stereocenters. The van der Waals surface area contributed by atoms with E-state index in [9.17, 15) is 0 Å². The highest BCUT2D eigenvalue weighted by Gasteiger charge is 2.27. The molecule has 3 nitrogen and oxygen atoms in total. The van der Waals surface area contributed by atoms with Gasteiger partial charge in [-0.1, -0.05) is 0 Å². The van der Waals surface area contributed by atoms with Gasteiger partial charge in [-0.15, -0.1) is 11.3 Å². The lowest BCUT2D eigenvalue weighted by Crippen LogP contribution is -2.44. The van der Waals surface area contributed by atoms with E-state index >= 15 is 0 Å². The Bertz CT molecular complexity index is 394. The first-order valence-electron chi connectivity index (χ1n) is 7.84. The Kier molecular flexibility index (Phi) is 6.49. The molecule has 0 aromatic carbocycles. The molecule has 1 aliphatic heterocycles. The van der Waals surface area contributed by atoms with Crippen LogP contribution in [0.15, 0.2) is 11.4 Å². The molecule has 0 saturated carbocycles. The van der Waals surface area contributed by atoms with Crippen LogP contribution in [0.4, 0.5) is 0 Å². The van der Waals surface area contributed by atoms with E-state index in [2.05, 4.69) is 35.5 Å². The minimum atomic E-state index is 0.560. The van der Waals surface area contributed by atoms with E-state index in [4.69, 9.17) is 4.74 Å². The van der Waals surface area contributed by atoms with Gasteiger partial charge in [0.2, 0.25) is 0 Å². The lowest BCUT2D eigenvalue weighted by molar-refractivity contribution is 0.135. The molecular formula is C16H28N2OS. The summed E-state index contributed by atoms with van der Waals surface area (Å²) in [6, 6.07) is 3.45. The first-order chi connectivity index (χ1) is 9.74. The van der Waals surface area contributed by atoms with E-state index in [0.717, 1.165) is 32.7 Å². The van der Waals surface area contributed by atoms with Crippen LogP contribution in [0.25, 0.3) is 0 Å². The molecule has 0 aliphatic carbocycles. The van der Waals surface area contributed by atoms with Crippen molar-refractivity contribution in [2.24, 2.45) is 0 Å². The summed E-state index contributed by atoms with van der Waals surface area (Å²) in [6.45, 7) is 11.7. The van der Waals surface area contributed by atoms with Crippen LogP contribution in [-0.4, -0.2) is 43.8 Å². The maximum absolute atomic E-state index is 5.35. The Balaban J connectivity index is 1.72. The van der Waals surface area contributed by atoms with Crippen LogP contribution in [0.2, 0.25) is 0 Å². The Morgan fingerprint density at radius 1 is 1.55 bits per heavy atom. The zero-order valence-electron chi connectivity index (χ0n) is 13.0. The van der Waals surface area contributed by atoms with Crippen molar-refractivity contribution in [3.63, 3.8) is 0 Å². The predicted octanol–water partition coefficient (Wildman–Crippen LogP) is 3.07. The average molecular weight is 296 g/mol. The van der Waals surface area contributed by atoms with Gasteiger partial charge >= 0.3 is 0 Å². The standard InChI is InChI=1S/C16H28N2OS/c1-4-19-10-5-8-17-12-13(2)18-9-6-16-15(14(18)3)7-11-20-16/h7,11,13-14,17H,4-6,8-10,12H2,1-3H3. The summed E-state index contributed by atoms with van der Waals surface area (Å²) in [5, 5.41) is 5.80. The topological polar surface area (TPSA) is 24.5 Å². The molecule has 0 spiro atoms. The van der Waals surface area contributed by atoms with Gasteiger partial charge in [0.1, 0.15) is 0 Å². The number of fused-ring (bicyclic) bond motifs is 1. The number of nitrogens with one attached hydrogen (secondary N) is 1. The van der Waals surface area contributed by atoms with Gasteiger partial charge in [-0.25, -0.2) is 0 Å². The summed E-state index contributed by atoms with van der Waals surface area (Å²) >= 11 is 1.92. The molecule has 1 N–H and O–H groups in total. The molecular weight excluding hydrogens is 268 g/mol. The van der Waals surface area contributed by atoms with Crippen LogP contribution in [0.5, 0.6) is 0 Å². The molecule has 1 aliphatic rings. The molecule has 2 unspecified atom stereocenters. The number of hydrogen-bond donors (Lipinski definition) is 1. The van der Waals surface area contributed by atoms with Gasteiger partial charge in [0, 0.05) is 43.3 Å². The van der Waals surface area contributed by atoms with Crippen LogP contribution < -0.4 is 5.32 Å². The minimum absolute atomic E-state index is 0.560. The van der Waals surface area contributed by atoms with E-state index in [-0.39, 0.29) is 0 Å². The molecule has 2 heterocycles. The smallest absolute Gasteiger partial charge is 0.0477 e. The highest BCUT2D eigenvalue weighted by Crippen LogP contribution is 2.33. The van der Waals surface area contributed by atoms with Crippen molar-refractivity contribution in [1.29, 1.82) is 0 Å². The van der Waals surface area contributed by atoms with E-state index < -0.39 is 0 Å². The summed E-state index contributed by atoms with van der Waals surface area (Å²) in [5.74, 6) is 0. The Morgan fingerprint density at radius 2 is 2.40 bits per heavy atom. The third kappa shape index (κ3) is 4.04. The molecule has 4 heteroatoms. The van der Waals surface area contributed by atoms with Gasteiger partial charge in [0.05, 0.1) is 0 Å². The van der Waals surface area contributed by atoms with Gasteiger partial charge in [0.15, 0.2) is 0 Å². The molecule has 0 radical (unpaired) electrons. The molecule has 0 amide bonds. The maximum Gasteiger partial charge on any atom is 0.0477 e. The van der Waals surface area contributed by atoms with Gasteiger partial charge < -0.3 is 10.1 Å². The monoisotopic (exact) mass is 296 g/mol. The fraction of sp³-hybridized carbons (Fsp3) is 0.750. The quantitative estimate of drug-likeness (QED) is 0.746. The van der Waals surface area contributed by atoms with Crippen LogP contribution in [0.3, 0.4) is 0 Å². The molecule has 114 valence electrons. The number of hydrogen-bond acceptors (Lipinski definition) is 4. The highest BCUT2D eigenvalue weighted by atomic mass is 32.1. The van der Waals surface area contributed by atoms with E-state index in [1.54, 1.807) is 10.4 Å². The van der Waals surface area contributed by atoms with E-state index in [0.29, 0.717) is 12.1 Å². The largest absolute Gasteiger partial charge is 0.382 e. The van der Waals surface area contributed by atoms with E-state index in [1.165, 1.54) is 13.0 Å². The normalized spacial score (nSPS) is 20.9. The lowest BCUT2D eigenvalue weighted by Gasteiger charge is -2.38. The first-order valence-corrected chi connectivity index (χ1v) is 8.72. The zero-order valence-corrected chi connectivity index (χ0v) is 13.8. The number of ether oxygens (including phenoxy) is 1. The molecule has 0 bridgehead atoms. The summed E-state index contributed by atoms with van der Waals surface area (Å²) in [4.78, 5) is 4.22. The van der Waals surface area contributed by atoms with Crippen LogP contribution >= 0.6 is 11.3 Å². The van der Waals surface area contributed by atoms with Gasteiger partial charge in [0.25, 0.3) is 0 Å². The fourth-order valence-electron chi connectivity index (χ4n) is 3.00. The Hall–Kier alpha value is -0.420. The summed E-state index contributed by atoms with van der Waals surface area (Å²) < 4.78 is 5.35. The molecule has 0 saturated heterocycles. The third-order valence-electron chi connectivity index (χ3n) is 4.18. The van der Waals surface area contributed by atoms with Crippen LogP contribution in [-0.2, 0) is 11.2 Å². The molecule has 20 heavy (non-hydrogen) atoms. The van der Waals surface area contributed by atoms with Crippen molar-refractivity contribution >= 4 is 11.3 Å². The second kappa shape index (κ2) is 8.13. The lowest BCUT2D eigenvalue weighted by atomic mass is 9.99. The number of thiophene rings is 1. The zero-order chi connectivity index (χ0) is 14.4. The molecule has 0 fully saturated rings. The SMILES string of the molecule is CCOCCCNCC(C)N1CCc2sccc2C1C. The molecule has 1 aromatic rings. The summed E-state index contributed by atoms with van der Waals surface area (Å²) in [5.41, 5.74) is 1.55. The van der Waals surface area contributed by atoms with Crippen molar-refractivity contribution in [3.8, 4) is 0 Å². The maximum atomic E-state index is 5.35. The second-order valence-electron chi connectivity index (χ2n) is 5.57. The van der Waals surface area contributed by atoms with Crippen molar-refractivity contribution < 1.29 is 4.74 Å². The molecule has 1 aromatic heterocycles. The minimum Gasteiger partial charge on any atom is -0.382 e. The van der Waals surface area contributed by atoms with Crippen molar-refractivity contribution in [3.05, 3.63) is 21.9 Å². The third-order valence-corrected chi connectivity index (χ3v) is 5.17. The Labute approximate surface area is 127 Å². The summed E-state index contributed by atoms with van der Waals surface area (Å²) in [7, 11) is 0. The first kappa shape index (κ1) is 16.0. The number of nitrogens with zero attached hydrogens (tertiary/aromatic N) is 1. The Morgan fingerprint density at radius 3 is 3.20 bits per heavy atom. The fourth-order valence-corrected chi connectivity index (χ4v) is 3.97. The van der Waals surface area contributed by atoms with Crippen molar-refractivity contribution in [1.82, 2.24) is 10.2 Å². The van der Waals surface area contributed by atoms with Crippen molar-refractivity contribution in [2.45, 2.75) is 45.7 Å². The average Bonchev–Trinajstić information content (AvgIpc) is 2.92. The molecule has 2 rings (SSSR count). The van der Waals surface area contributed by atoms with Crippen molar-refractivity contribution in [2.75, 3.05) is 32.8 Å². The predicted molar refractivity (Wildman–Crippen MR) is 86.6 cm³/mol. The van der Waals surface area contributed by atoms with Crippen LogP contribution in [0.1, 0.15) is 43.7 Å². The number of rotatable bonds is 8. The second-order valence-corrected chi connectivity index (χ2v) is 6.57. The van der Waals surface area contributed by atoms with Gasteiger partial charge in [-0.3, -0.25) is 4.90 Å². The van der Waals surface area contributed by atoms with Gasteiger partial charge in [-0.2, -0.15) is 0 Å². The summed E-state index contributed by atoms with van der Waals surface area (Å²) in [6.07, 6.45) is 2.32. The van der Waals surface area contributed by atoms with Gasteiger partial charge in [-0.05, 0) is 57.2 Å². The van der Waals surface area contributed by atoms with Crippen LogP contribution in [0, 0.1) is 0 Å². The highest BCUT2D eigenvalue weighted by molar-refractivity contribution is 7.10.